The number of amides is 1. The molecular formula is C12H13N3O3S. The third-order valence-corrected chi connectivity index (χ3v) is 3.06. The number of hydrogen-bond donors (Lipinski definition) is 2. The number of nitrogens with one attached hydrogen (secondary N) is 1. The van der Waals surface area contributed by atoms with E-state index < -0.39 is 0 Å². The predicted octanol–water partition coefficient (Wildman–Crippen LogP) is 0.611. The fourth-order valence-electron chi connectivity index (χ4n) is 1.40. The number of aliphatic hydroxyl groups is 1. The number of thioether (sulfide) groups is 1. The monoisotopic (exact) mass is 279 g/mol. The molecule has 0 aromatic heterocycles. The Labute approximate surface area is 114 Å². The molecule has 6 nitrogen and oxygen atoms in total. The van der Waals surface area contributed by atoms with Crippen molar-refractivity contribution in [3.63, 3.8) is 0 Å². The van der Waals surface area contributed by atoms with Crippen molar-refractivity contribution in [3.8, 4) is 5.75 Å². The number of rotatable bonds is 5. The van der Waals surface area contributed by atoms with Crippen LogP contribution in [0.15, 0.2) is 34.5 Å². The molecule has 19 heavy (non-hydrogen) atoms. The number of benzene rings is 1. The number of nitrogens with zero attached hydrogens (tertiary/aromatic N) is 2. The highest BCUT2D eigenvalue weighted by molar-refractivity contribution is 8.15. The zero-order valence-corrected chi connectivity index (χ0v) is 10.9. The first-order chi connectivity index (χ1) is 9.29. The molecule has 7 heteroatoms. The van der Waals surface area contributed by atoms with Crippen molar-refractivity contribution in [2.75, 3.05) is 19.0 Å². The molecule has 0 atom stereocenters. The van der Waals surface area contributed by atoms with E-state index in [0.717, 1.165) is 5.56 Å². The third-order valence-electron chi connectivity index (χ3n) is 2.20. The number of para-hydroxylation sites is 1. The molecule has 1 aliphatic rings. The largest absolute Gasteiger partial charge is 0.491 e. The van der Waals surface area contributed by atoms with Crippen molar-refractivity contribution in [2.24, 2.45) is 10.2 Å². The molecule has 1 fully saturated rings. The quantitative estimate of drug-likeness (QED) is 0.611. The fourth-order valence-corrected chi connectivity index (χ4v) is 2.03. The number of hydrogen-bond acceptors (Lipinski definition) is 6. The van der Waals surface area contributed by atoms with E-state index in [1.165, 1.54) is 11.8 Å². The highest BCUT2D eigenvalue weighted by Crippen LogP contribution is 2.16. The van der Waals surface area contributed by atoms with Crippen LogP contribution in [0.2, 0.25) is 0 Å². The summed E-state index contributed by atoms with van der Waals surface area (Å²) in [5.41, 5.74) is 0.759. The Kier molecular flexibility index (Phi) is 4.93. The summed E-state index contributed by atoms with van der Waals surface area (Å²) in [5, 5.41) is 19.6. The van der Waals surface area contributed by atoms with Crippen LogP contribution in [0.25, 0.3) is 0 Å². The molecule has 1 aliphatic heterocycles. The van der Waals surface area contributed by atoms with Crippen molar-refractivity contribution >= 4 is 29.1 Å². The van der Waals surface area contributed by atoms with Gasteiger partial charge in [0.15, 0.2) is 5.17 Å². The van der Waals surface area contributed by atoms with Crippen LogP contribution in [-0.4, -0.2) is 41.4 Å². The van der Waals surface area contributed by atoms with Gasteiger partial charge in [-0.15, -0.1) is 5.10 Å². The van der Waals surface area contributed by atoms with E-state index in [-0.39, 0.29) is 19.1 Å². The average Bonchev–Trinajstić information content (AvgIpc) is 2.83. The lowest BCUT2D eigenvalue weighted by Crippen LogP contribution is -2.19. The molecule has 100 valence electrons. The van der Waals surface area contributed by atoms with Crippen molar-refractivity contribution < 1.29 is 14.6 Å². The van der Waals surface area contributed by atoms with Gasteiger partial charge in [0, 0.05) is 5.56 Å². The highest BCUT2D eigenvalue weighted by Gasteiger charge is 2.15. The van der Waals surface area contributed by atoms with E-state index in [2.05, 4.69) is 15.5 Å². The number of carbonyl (C=O) groups is 1. The number of carbonyl (C=O) groups excluding carboxylic acids is 1. The minimum absolute atomic E-state index is 0.0452. The molecule has 1 aromatic rings. The highest BCUT2D eigenvalue weighted by atomic mass is 32.2. The molecule has 0 aliphatic carbocycles. The van der Waals surface area contributed by atoms with Crippen molar-refractivity contribution in [1.82, 2.24) is 5.32 Å². The lowest BCUT2D eigenvalue weighted by Gasteiger charge is -2.06. The van der Waals surface area contributed by atoms with E-state index in [1.807, 2.05) is 18.2 Å². The van der Waals surface area contributed by atoms with Gasteiger partial charge in [-0.2, -0.15) is 5.10 Å². The molecule has 2 N–H and O–H groups in total. The fraction of sp³-hybridized carbons (Fsp3) is 0.250. The molecule has 0 spiro atoms. The van der Waals surface area contributed by atoms with Gasteiger partial charge in [0.2, 0.25) is 5.91 Å². The smallest absolute Gasteiger partial charge is 0.236 e. The first-order valence-corrected chi connectivity index (χ1v) is 6.64. The van der Waals surface area contributed by atoms with Crippen LogP contribution in [0.3, 0.4) is 0 Å². The van der Waals surface area contributed by atoms with Gasteiger partial charge in [0.25, 0.3) is 0 Å². The van der Waals surface area contributed by atoms with Crippen molar-refractivity contribution in [1.29, 1.82) is 0 Å². The van der Waals surface area contributed by atoms with Crippen LogP contribution in [-0.2, 0) is 4.79 Å². The molecular weight excluding hydrogens is 266 g/mol. The van der Waals surface area contributed by atoms with E-state index in [4.69, 9.17) is 9.84 Å². The third kappa shape index (κ3) is 4.08. The van der Waals surface area contributed by atoms with Gasteiger partial charge in [-0.1, -0.05) is 23.9 Å². The van der Waals surface area contributed by atoms with Gasteiger partial charge < -0.3 is 15.2 Å². The molecule has 1 amide bonds. The Morgan fingerprint density at radius 2 is 2.32 bits per heavy atom. The minimum atomic E-state index is -0.0642. The van der Waals surface area contributed by atoms with Crippen molar-refractivity contribution in [3.05, 3.63) is 29.8 Å². The Morgan fingerprint density at radius 3 is 3.05 bits per heavy atom. The first kappa shape index (κ1) is 13.6. The molecule has 1 aromatic carbocycles. The Hall–Kier alpha value is -1.86. The average molecular weight is 279 g/mol. The Bertz CT molecular complexity index is 517. The Balaban J connectivity index is 2.03. The SMILES string of the molecule is O=C1CSC(=NN=Cc2ccccc2OCCO)N1. The lowest BCUT2D eigenvalue weighted by atomic mass is 10.2. The van der Waals surface area contributed by atoms with Crippen LogP contribution in [0.1, 0.15) is 5.56 Å². The topological polar surface area (TPSA) is 83.3 Å². The van der Waals surface area contributed by atoms with Gasteiger partial charge in [-0.05, 0) is 12.1 Å². The van der Waals surface area contributed by atoms with Gasteiger partial charge in [0.1, 0.15) is 12.4 Å². The van der Waals surface area contributed by atoms with Crippen LogP contribution >= 0.6 is 11.8 Å². The Morgan fingerprint density at radius 1 is 1.47 bits per heavy atom. The second-order valence-corrected chi connectivity index (χ2v) is 4.56. The number of ether oxygens (including phenoxy) is 1. The minimum Gasteiger partial charge on any atom is -0.491 e. The zero-order chi connectivity index (χ0) is 13.5. The normalized spacial score (nSPS) is 17.1. The summed E-state index contributed by atoms with van der Waals surface area (Å²) in [4.78, 5) is 11.0. The molecule has 0 unspecified atom stereocenters. The summed E-state index contributed by atoms with van der Waals surface area (Å²) in [7, 11) is 0. The first-order valence-electron chi connectivity index (χ1n) is 5.66. The molecule has 1 heterocycles. The number of amidine groups is 1. The zero-order valence-electron chi connectivity index (χ0n) is 10.1. The maximum Gasteiger partial charge on any atom is 0.236 e. The summed E-state index contributed by atoms with van der Waals surface area (Å²) < 4.78 is 5.36. The summed E-state index contributed by atoms with van der Waals surface area (Å²) in [6.07, 6.45) is 1.55. The predicted molar refractivity (Wildman–Crippen MR) is 74.7 cm³/mol. The maximum atomic E-state index is 11.0. The second-order valence-electron chi connectivity index (χ2n) is 3.60. The van der Waals surface area contributed by atoms with Crippen LogP contribution < -0.4 is 10.1 Å². The molecule has 0 radical (unpaired) electrons. The van der Waals surface area contributed by atoms with Crippen LogP contribution in [0.4, 0.5) is 0 Å². The molecule has 0 bridgehead atoms. The van der Waals surface area contributed by atoms with Gasteiger partial charge in [0.05, 0.1) is 18.6 Å². The molecule has 2 rings (SSSR count). The summed E-state index contributed by atoms with van der Waals surface area (Å²) >= 11 is 1.31. The standard InChI is InChI=1S/C12H13N3O3S/c16-5-6-18-10-4-2-1-3-9(10)7-13-15-12-14-11(17)8-19-12/h1-4,7,16H,5-6,8H2,(H,14,15,17). The van der Waals surface area contributed by atoms with E-state index in [0.29, 0.717) is 16.7 Å². The van der Waals surface area contributed by atoms with Gasteiger partial charge >= 0.3 is 0 Å². The second kappa shape index (κ2) is 6.91. The van der Waals surface area contributed by atoms with E-state index in [1.54, 1.807) is 12.3 Å². The summed E-state index contributed by atoms with van der Waals surface area (Å²) in [6, 6.07) is 7.31. The summed E-state index contributed by atoms with van der Waals surface area (Å²) in [5.74, 6) is 0.944. The maximum absolute atomic E-state index is 11.0. The van der Waals surface area contributed by atoms with Crippen LogP contribution in [0, 0.1) is 0 Å². The van der Waals surface area contributed by atoms with E-state index >= 15 is 0 Å². The van der Waals surface area contributed by atoms with E-state index in [9.17, 15) is 4.79 Å². The van der Waals surface area contributed by atoms with Crippen molar-refractivity contribution in [2.45, 2.75) is 0 Å². The van der Waals surface area contributed by atoms with Gasteiger partial charge in [-0.3, -0.25) is 4.79 Å². The molecule has 0 saturated carbocycles. The van der Waals surface area contributed by atoms with Crippen LogP contribution in [0.5, 0.6) is 5.75 Å². The number of aliphatic hydroxyl groups excluding tert-OH is 1. The lowest BCUT2D eigenvalue weighted by molar-refractivity contribution is -0.116. The molecule has 1 saturated heterocycles. The summed E-state index contributed by atoms with van der Waals surface area (Å²) in [6.45, 7) is 0.182. The van der Waals surface area contributed by atoms with Gasteiger partial charge in [-0.25, -0.2) is 0 Å².